The standard InChI is InChI=1S/C22H14Br2N2/c23-19-14-18(15-4-2-1-3-5-15)20(16-6-10-25-11-7-16)21(22(19)24)17-8-12-26-13-9-17/h1-14H. The Labute approximate surface area is 169 Å². The van der Waals surface area contributed by atoms with Gasteiger partial charge in [-0.05, 0) is 90.0 Å². The summed E-state index contributed by atoms with van der Waals surface area (Å²) in [4.78, 5) is 8.35. The van der Waals surface area contributed by atoms with Crippen LogP contribution in [-0.4, -0.2) is 9.97 Å². The molecule has 4 rings (SSSR count). The van der Waals surface area contributed by atoms with E-state index in [1.807, 2.05) is 55.1 Å². The van der Waals surface area contributed by atoms with Crippen molar-refractivity contribution in [2.45, 2.75) is 0 Å². The summed E-state index contributed by atoms with van der Waals surface area (Å²) in [5, 5.41) is 0. The first-order valence-electron chi connectivity index (χ1n) is 8.14. The topological polar surface area (TPSA) is 25.8 Å². The highest BCUT2D eigenvalue weighted by molar-refractivity contribution is 9.13. The first kappa shape index (κ1) is 17.1. The highest BCUT2D eigenvalue weighted by Crippen LogP contribution is 2.46. The second kappa shape index (κ2) is 7.52. The van der Waals surface area contributed by atoms with Crippen molar-refractivity contribution in [2.24, 2.45) is 0 Å². The maximum Gasteiger partial charge on any atom is 0.0402 e. The lowest BCUT2D eigenvalue weighted by atomic mass is 9.88. The zero-order valence-electron chi connectivity index (χ0n) is 13.7. The minimum absolute atomic E-state index is 1.01. The van der Waals surface area contributed by atoms with Crippen LogP contribution in [0.1, 0.15) is 0 Å². The zero-order chi connectivity index (χ0) is 17.9. The van der Waals surface area contributed by atoms with E-state index in [-0.39, 0.29) is 0 Å². The number of benzene rings is 2. The molecule has 0 unspecified atom stereocenters. The molecule has 0 bridgehead atoms. The van der Waals surface area contributed by atoms with Crippen molar-refractivity contribution in [1.29, 1.82) is 0 Å². The fourth-order valence-electron chi connectivity index (χ4n) is 3.08. The zero-order valence-corrected chi connectivity index (χ0v) is 16.9. The Balaban J connectivity index is 2.12. The molecule has 0 radical (unpaired) electrons. The SMILES string of the molecule is Brc1cc(-c2ccccc2)c(-c2ccncc2)c(-c2ccncc2)c1Br. The second-order valence-corrected chi connectivity index (χ2v) is 7.46. The Morgan fingerprint density at radius 2 is 1.12 bits per heavy atom. The lowest BCUT2D eigenvalue weighted by molar-refractivity contribution is 1.32. The van der Waals surface area contributed by atoms with Crippen LogP contribution >= 0.6 is 31.9 Å². The molecule has 0 aliphatic heterocycles. The molecule has 26 heavy (non-hydrogen) atoms. The normalized spacial score (nSPS) is 10.7. The van der Waals surface area contributed by atoms with Crippen molar-refractivity contribution >= 4 is 31.9 Å². The van der Waals surface area contributed by atoms with Gasteiger partial charge >= 0.3 is 0 Å². The van der Waals surface area contributed by atoms with E-state index in [9.17, 15) is 0 Å². The van der Waals surface area contributed by atoms with Gasteiger partial charge in [-0.2, -0.15) is 0 Å². The summed E-state index contributed by atoms with van der Waals surface area (Å²) in [5.41, 5.74) is 6.87. The van der Waals surface area contributed by atoms with E-state index < -0.39 is 0 Å². The molecule has 0 atom stereocenters. The van der Waals surface area contributed by atoms with Crippen molar-refractivity contribution in [3.8, 4) is 33.4 Å². The quantitative estimate of drug-likeness (QED) is 0.325. The molecule has 0 fully saturated rings. The van der Waals surface area contributed by atoms with Crippen LogP contribution in [0.25, 0.3) is 33.4 Å². The summed E-state index contributed by atoms with van der Waals surface area (Å²) in [7, 11) is 0. The Hall–Kier alpha value is -2.30. The predicted octanol–water partition coefficient (Wildman–Crippen LogP) is 7.00. The van der Waals surface area contributed by atoms with Gasteiger partial charge in [-0.25, -0.2) is 0 Å². The third kappa shape index (κ3) is 3.22. The van der Waals surface area contributed by atoms with Crippen LogP contribution < -0.4 is 0 Å². The van der Waals surface area contributed by atoms with Gasteiger partial charge < -0.3 is 0 Å². The number of rotatable bonds is 3. The maximum atomic E-state index is 4.18. The van der Waals surface area contributed by atoms with Crippen LogP contribution in [0.4, 0.5) is 0 Å². The fourth-order valence-corrected chi connectivity index (χ4v) is 4.05. The average Bonchev–Trinajstić information content (AvgIpc) is 2.71. The van der Waals surface area contributed by atoms with E-state index in [0.717, 1.165) is 25.6 Å². The smallest absolute Gasteiger partial charge is 0.0402 e. The number of hydrogen-bond acceptors (Lipinski definition) is 2. The molecular weight excluding hydrogens is 452 g/mol. The predicted molar refractivity (Wildman–Crippen MR) is 114 cm³/mol. The fraction of sp³-hybridized carbons (Fsp3) is 0. The van der Waals surface area contributed by atoms with E-state index in [0.29, 0.717) is 0 Å². The molecular formula is C22H14Br2N2. The molecule has 126 valence electrons. The van der Waals surface area contributed by atoms with Gasteiger partial charge in [0.1, 0.15) is 0 Å². The molecule has 0 saturated carbocycles. The first-order valence-corrected chi connectivity index (χ1v) is 9.72. The monoisotopic (exact) mass is 464 g/mol. The van der Waals surface area contributed by atoms with Crippen LogP contribution in [0, 0.1) is 0 Å². The first-order chi connectivity index (χ1) is 12.8. The summed E-state index contributed by atoms with van der Waals surface area (Å²) >= 11 is 7.51. The second-order valence-electron chi connectivity index (χ2n) is 5.81. The highest BCUT2D eigenvalue weighted by Gasteiger charge is 2.19. The Morgan fingerprint density at radius 3 is 1.69 bits per heavy atom. The third-order valence-electron chi connectivity index (χ3n) is 4.24. The summed E-state index contributed by atoms with van der Waals surface area (Å²) in [6.45, 7) is 0. The van der Waals surface area contributed by atoms with Gasteiger partial charge in [-0.15, -0.1) is 0 Å². The van der Waals surface area contributed by atoms with E-state index >= 15 is 0 Å². The molecule has 2 heterocycles. The Morgan fingerprint density at radius 1 is 0.577 bits per heavy atom. The number of halogens is 2. The van der Waals surface area contributed by atoms with Gasteiger partial charge in [-0.1, -0.05) is 30.3 Å². The molecule has 2 nitrogen and oxygen atoms in total. The van der Waals surface area contributed by atoms with Gasteiger partial charge in [0.2, 0.25) is 0 Å². The molecule has 2 aromatic carbocycles. The summed E-state index contributed by atoms with van der Waals surface area (Å²) in [6.07, 6.45) is 7.30. The van der Waals surface area contributed by atoms with Crippen molar-refractivity contribution in [3.63, 3.8) is 0 Å². The highest BCUT2D eigenvalue weighted by atomic mass is 79.9. The van der Waals surface area contributed by atoms with Crippen LogP contribution in [0.5, 0.6) is 0 Å². The molecule has 0 saturated heterocycles. The lowest BCUT2D eigenvalue weighted by Crippen LogP contribution is -1.93. The van der Waals surface area contributed by atoms with E-state index in [2.05, 4.69) is 72.2 Å². The van der Waals surface area contributed by atoms with Crippen molar-refractivity contribution in [1.82, 2.24) is 9.97 Å². The van der Waals surface area contributed by atoms with Crippen LogP contribution in [0.2, 0.25) is 0 Å². The molecule has 4 heteroatoms. The molecule has 0 aliphatic rings. The minimum Gasteiger partial charge on any atom is -0.265 e. The third-order valence-corrected chi connectivity index (χ3v) is 6.22. The van der Waals surface area contributed by atoms with Crippen LogP contribution in [-0.2, 0) is 0 Å². The Bertz CT molecular complexity index is 1030. The van der Waals surface area contributed by atoms with E-state index in [1.54, 1.807) is 0 Å². The summed E-state index contributed by atoms with van der Waals surface area (Å²) < 4.78 is 2.04. The van der Waals surface area contributed by atoms with Crippen molar-refractivity contribution in [2.75, 3.05) is 0 Å². The maximum absolute atomic E-state index is 4.18. The van der Waals surface area contributed by atoms with Gasteiger partial charge in [0, 0.05) is 39.3 Å². The Kier molecular flexibility index (Phi) is 4.96. The largest absolute Gasteiger partial charge is 0.265 e. The lowest BCUT2D eigenvalue weighted by Gasteiger charge is -2.19. The van der Waals surface area contributed by atoms with Gasteiger partial charge in [0.05, 0.1) is 0 Å². The summed E-state index contributed by atoms with van der Waals surface area (Å²) in [5.74, 6) is 0. The van der Waals surface area contributed by atoms with Crippen LogP contribution in [0.15, 0.2) is 94.4 Å². The summed E-state index contributed by atoms with van der Waals surface area (Å²) in [6, 6.07) is 20.8. The van der Waals surface area contributed by atoms with E-state index in [4.69, 9.17) is 0 Å². The molecule has 0 aliphatic carbocycles. The molecule has 0 spiro atoms. The minimum atomic E-state index is 1.01. The van der Waals surface area contributed by atoms with Crippen molar-refractivity contribution < 1.29 is 0 Å². The molecule has 4 aromatic rings. The average molecular weight is 466 g/mol. The number of hydrogen-bond donors (Lipinski definition) is 0. The number of nitrogens with zero attached hydrogens (tertiary/aromatic N) is 2. The molecule has 0 N–H and O–H groups in total. The molecule has 2 aromatic heterocycles. The number of pyridine rings is 2. The van der Waals surface area contributed by atoms with Gasteiger partial charge in [0.15, 0.2) is 0 Å². The van der Waals surface area contributed by atoms with Gasteiger partial charge in [-0.3, -0.25) is 9.97 Å². The number of aromatic nitrogens is 2. The van der Waals surface area contributed by atoms with Crippen molar-refractivity contribution in [3.05, 3.63) is 94.4 Å². The van der Waals surface area contributed by atoms with Crippen LogP contribution in [0.3, 0.4) is 0 Å². The van der Waals surface area contributed by atoms with Gasteiger partial charge in [0.25, 0.3) is 0 Å². The molecule has 0 amide bonds. The van der Waals surface area contributed by atoms with E-state index in [1.165, 1.54) is 16.7 Å².